The van der Waals surface area contributed by atoms with E-state index in [1.807, 2.05) is 48.5 Å². The number of fused-ring (bicyclic) bond motifs is 1. The third kappa shape index (κ3) is 3.77. The van der Waals surface area contributed by atoms with Gasteiger partial charge in [0.25, 0.3) is 0 Å². The van der Waals surface area contributed by atoms with Crippen molar-refractivity contribution in [2.45, 2.75) is 19.5 Å². The van der Waals surface area contributed by atoms with E-state index in [0.29, 0.717) is 24.7 Å². The number of nitrogens with zero attached hydrogens (tertiary/aromatic N) is 1. The first-order valence-corrected chi connectivity index (χ1v) is 8.01. The Morgan fingerprint density at radius 2 is 2.00 bits per heavy atom. The third-order valence-corrected chi connectivity index (χ3v) is 4.16. The molecule has 0 unspecified atom stereocenters. The van der Waals surface area contributed by atoms with Gasteiger partial charge >= 0.3 is 0 Å². The lowest BCUT2D eigenvalue weighted by Crippen LogP contribution is -2.46. The van der Waals surface area contributed by atoms with Gasteiger partial charge < -0.3 is 15.0 Å². The van der Waals surface area contributed by atoms with Gasteiger partial charge in [0.15, 0.2) is 0 Å². The maximum atomic E-state index is 12.3. The minimum Gasteiger partial charge on any atom is -0.489 e. The number of rotatable bonds is 4. The molecule has 2 aromatic rings. The van der Waals surface area contributed by atoms with Crippen molar-refractivity contribution in [1.29, 1.82) is 0 Å². The van der Waals surface area contributed by atoms with E-state index in [-0.39, 0.29) is 11.9 Å². The summed E-state index contributed by atoms with van der Waals surface area (Å²) in [5.41, 5.74) is 1.99. The number of hydrogen-bond acceptors (Lipinski definition) is 3. The highest BCUT2D eigenvalue weighted by Crippen LogP contribution is 2.33. The molecule has 1 aliphatic heterocycles. The molecule has 5 heteroatoms. The first kappa shape index (κ1) is 15.7. The van der Waals surface area contributed by atoms with Crippen LogP contribution < -0.4 is 15.0 Å². The molecule has 23 heavy (non-hydrogen) atoms. The van der Waals surface area contributed by atoms with E-state index < -0.39 is 0 Å². The van der Waals surface area contributed by atoms with Crippen molar-refractivity contribution in [2.24, 2.45) is 0 Å². The van der Waals surface area contributed by atoms with Crippen LogP contribution in [-0.4, -0.2) is 25.1 Å². The monoisotopic (exact) mass is 330 g/mol. The standard InChI is InChI=1S/C18H19ClN2O2/c1-13-12-23-17-5-3-2-4-16(17)21(13)11-18(22)20-10-14-6-8-15(19)9-7-14/h2-9,13H,10-12H2,1H3,(H,20,22)/t13-/m1/s1. The van der Waals surface area contributed by atoms with Gasteiger partial charge in [0.05, 0.1) is 18.3 Å². The van der Waals surface area contributed by atoms with E-state index in [4.69, 9.17) is 16.3 Å². The van der Waals surface area contributed by atoms with E-state index in [0.717, 1.165) is 17.0 Å². The second-order valence-electron chi connectivity index (χ2n) is 5.66. The van der Waals surface area contributed by atoms with Gasteiger partial charge in [0.1, 0.15) is 12.4 Å². The van der Waals surface area contributed by atoms with Crippen molar-refractivity contribution in [2.75, 3.05) is 18.1 Å². The SMILES string of the molecule is C[C@@H]1COc2ccccc2N1CC(=O)NCc1ccc(Cl)cc1. The number of ether oxygens (including phenoxy) is 1. The summed E-state index contributed by atoms with van der Waals surface area (Å²) in [5.74, 6) is 0.819. The minimum absolute atomic E-state index is 0.0106. The molecule has 3 rings (SSSR count). The van der Waals surface area contributed by atoms with Crippen LogP contribution in [0.15, 0.2) is 48.5 Å². The van der Waals surface area contributed by atoms with Crippen molar-refractivity contribution < 1.29 is 9.53 Å². The van der Waals surface area contributed by atoms with Crippen LogP contribution in [-0.2, 0) is 11.3 Å². The van der Waals surface area contributed by atoms with Crippen molar-refractivity contribution in [3.63, 3.8) is 0 Å². The number of nitrogens with one attached hydrogen (secondary N) is 1. The molecule has 1 heterocycles. The topological polar surface area (TPSA) is 41.6 Å². The zero-order chi connectivity index (χ0) is 16.2. The molecule has 2 aromatic carbocycles. The van der Waals surface area contributed by atoms with Crippen LogP contribution in [0, 0.1) is 0 Å². The van der Waals surface area contributed by atoms with Crippen LogP contribution in [0.25, 0.3) is 0 Å². The summed E-state index contributed by atoms with van der Waals surface area (Å²) in [6, 6.07) is 15.4. The number of amides is 1. The van der Waals surface area contributed by atoms with E-state index in [9.17, 15) is 4.79 Å². The summed E-state index contributed by atoms with van der Waals surface area (Å²) in [4.78, 5) is 14.4. The van der Waals surface area contributed by atoms with Crippen LogP contribution in [0.4, 0.5) is 5.69 Å². The molecule has 4 nitrogen and oxygen atoms in total. The Labute approximate surface area is 141 Å². The van der Waals surface area contributed by atoms with Gasteiger partial charge in [0, 0.05) is 11.6 Å². The summed E-state index contributed by atoms with van der Waals surface area (Å²) in [6.07, 6.45) is 0. The molecule has 0 bridgehead atoms. The number of carbonyl (C=O) groups excluding carboxylic acids is 1. The minimum atomic E-state index is -0.0106. The number of carbonyl (C=O) groups is 1. The van der Waals surface area contributed by atoms with Crippen molar-refractivity contribution in [1.82, 2.24) is 5.32 Å². The lowest BCUT2D eigenvalue weighted by Gasteiger charge is -2.36. The number of para-hydroxylation sites is 2. The molecule has 0 saturated heterocycles. The highest BCUT2D eigenvalue weighted by atomic mass is 35.5. The quantitative estimate of drug-likeness (QED) is 0.935. The second kappa shape index (κ2) is 6.92. The zero-order valence-corrected chi connectivity index (χ0v) is 13.7. The van der Waals surface area contributed by atoms with Gasteiger partial charge in [-0.25, -0.2) is 0 Å². The molecule has 120 valence electrons. The fourth-order valence-corrected chi connectivity index (χ4v) is 2.73. The number of halogens is 1. The van der Waals surface area contributed by atoms with E-state index in [2.05, 4.69) is 17.1 Å². The summed E-state index contributed by atoms with van der Waals surface area (Å²) < 4.78 is 5.70. The van der Waals surface area contributed by atoms with Gasteiger partial charge in [0.2, 0.25) is 5.91 Å². The summed E-state index contributed by atoms with van der Waals surface area (Å²) in [7, 11) is 0. The molecule has 1 atom stereocenters. The Kier molecular flexibility index (Phi) is 4.72. The van der Waals surface area contributed by atoms with Crippen molar-refractivity contribution >= 4 is 23.2 Å². The van der Waals surface area contributed by atoms with Gasteiger partial charge in [-0.3, -0.25) is 4.79 Å². The first-order chi connectivity index (χ1) is 11.1. The predicted molar refractivity (Wildman–Crippen MR) is 92.0 cm³/mol. The highest BCUT2D eigenvalue weighted by Gasteiger charge is 2.25. The Balaban J connectivity index is 1.62. The molecule has 0 radical (unpaired) electrons. The van der Waals surface area contributed by atoms with E-state index >= 15 is 0 Å². The number of hydrogen-bond donors (Lipinski definition) is 1. The molecule has 1 amide bonds. The Morgan fingerprint density at radius 1 is 1.26 bits per heavy atom. The lowest BCUT2D eigenvalue weighted by atomic mass is 10.1. The summed E-state index contributed by atoms with van der Waals surface area (Å²) in [6.45, 7) is 3.45. The third-order valence-electron chi connectivity index (χ3n) is 3.90. The molecule has 1 N–H and O–H groups in total. The second-order valence-corrected chi connectivity index (χ2v) is 6.10. The predicted octanol–water partition coefficient (Wildman–Crippen LogP) is 3.24. The van der Waals surface area contributed by atoms with Gasteiger partial charge in [-0.05, 0) is 36.8 Å². The van der Waals surface area contributed by atoms with Crippen LogP contribution in [0.5, 0.6) is 5.75 Å². The largest absolute Gasteiger partial charge is 0.489 e. The molecule has 0 saturated carbocycles. The zero-order valence-electron chi connectivity index (χ0n) is 13.0. The molecule has 0 aliphatic carbocycles. The van der Waals surface area contributed by atoms with Gasteiger partial charge in [-0.1, -0.05) is 35.9 Å². The summed E-state index contributed by atoms with van der Waals surface area (Å²) in [5, 5.41) is 3.65. The van der Waals surface area contributed by atoms with Crippen molar-refractivity contribution in [3.05, 3.63) is 59.1 Å². The Bertz CT molecular complexity index is 688. The van der Waals surface area contributed by atoms with Crippen LogP contribution in [0.3, 0.4) is 0 Å². The molecule has 0 spiro atoms. The lowest BCUT2D eigenvalue weighted by molar-refractivity contribution is -0.120. The average molecular weight is 331 g/mol. The molecular weight excluding hydrogens is 312 g/mol. The Hall–Kier alpha value is -2.20. The maximum Gasteiger partial charge on any atom is 0.239 e. The molecule has 1 aliphatic rings. The maximum absolute atomic E-state index is 12.3. The number of anilines is 1. The molecular formula is C18H19ClN2O2. The highest BCUT2D eigenvalue weighted by molar-refractivity contribution is 6.30. The van der Waals surface area contributed by atoms with Gasteiger partial charge in [-0.2, -0.15) is 0 Å². The van der Waals surface area contributed by atoms with Crippen LogP contribution in [0.1, 0.15) is 12.5 Å². The van der Waals surface area contributed by atoms with Crippen LogP contribution in [0.2, 0.25) is 5.02 Å². The van der Waals surface area contributed by atoms with Crippen molar-refractivity contribution in [3.8, 4) is 5.75 Å². The smallest absolute Gasteiger partial charge is 0.239 e. The fourth-order valence-electron chi connectivity index (χ4n) is 2.61. The van der Waals surface area contributed by atoms with E-state index in [1.165, 1.54) is 0 Å². The van der Waals surface area contributed by atoms with Crippen LogP contribution >= 0.6 is 11.6 Å². The molecule has 0 fully saturated rings. The first-order valence-electron chi connectivity index (χ1n) is 7.63. The average Bonchev–Trinajstić information content (AvgIpc) is 2.57. The summed E-state index contributed by atoms with van der Waals surface area (Å²) >= 11 is 5.86. The Morgan fingerprint density at radius 3 is 2.78 bits per heavy atom. The van der Waals surface area contributed by atoms with E-state index in [1.54, 1.807) is 0 Å². The normalized spacial score (nSPS) is 16.4. The fraction of sp³-hybridized carbons (Fsp3) is 0.278. The molecule has 0 aromatic heterocycles. The number of benzene rings is 2. The van der Waals surface area contributed by atoms with Gasteiger partial charge in [-0.15, -0.1) is 0 Å².